The Morgan fingerprint density at radius 3 is 2.75 bits per heavy atom. The van der Waals surface area contributed by atoms with Gasteiger partial charge in [-0.05, 0) is 43.2 Å². The van der Waals surface area contributed by atoms with Gasteiger partial charge in [0.05, 0.1) is 11.9 Å². The number of pyridine rings is 1. The van der Waals surface area contributed by atoms with Crippen molar-refractivity contribution in [3.05, 3.63) is 17.8 Å². The van der Waals surface area contributed by atoms with E-state index in [0.717, 1.165) is 23.6 Å². The van der Waals surface area contributed by atoms with E-state index >= 15 is 0 Å². The molecule has 1 saturated carbocycles. The van der Waals surface area contributed by atoms with Gasteiger partial charge < -0.3 is 11.1 Å². The van der Waals surface area contributed by atoms with E-state index in [1.54, 1.807) is 6.20 Å². The van der Waals surface area contributed by atoms with Gasteiger partial charge in [-0.1, -0.05) is 13.3 Å². The Morgan fingerprint density at radius 2 is 2.25 bits per heavy atom. The molecule has 1 fully saturated rings. The molecular formula is C13H21N3. The fourth-order valence-electron chi connectivity index (χ4n) is 2.27. The lowest BCUT2D eigenvalue weighted by Gasteiger charge is -2.41. The maximum atomic E-state index is 5.74. The number of rotatable bonds is 4. The van der Waals surface area contributed by atoms with Crippen LogP contribution in [0.5, 0.6) is 0 Å². The van der Waals surface area contributed by atoms with E-state index in [1.165, 1.54) is 25.7 Å². The highest BCUT2D eigenvalue weighted by Crippen LogP contribution is 2.43. The van der Waals surface area contributed by atoms with Crippen LogP contribution >= 0.6 is 0 Å². The Balaban J connectivity index is 1.96. The zero-order chi connectivity index (χ0) is 11.6. The van der Waals surface area contributed by atoms with Crippen molar-refractivity contribution in [3.8, 4) is 0 Å². The van der Waals surface area contributed by atoms with Crippen molar-refractivity contribution in [3.63, 3.8) is 0 Å². The fraction of sp³-hybridized carbons (Fsp3) is 0.615. The van der Waals surface area contributed by atoms with Gasteiger partial charge in [-0.25, -0.2) is 4.98 Å². The largest absolute Gasteiger partial charge is 0.397 e. The number of aromatic nitrogens is 1. The summed E-state index contributed by atoms with van der Waals surface area (Å²) < 4.78 is 0. The van der Waals surface area contributed by atoms with Crippen molar-refractivity contribution in [2.24, 2.45) is 5.41 Å². The number of anilines is 2. The predicted molar refractivity (Wildman–Crippen MR) is 68.5 cm³/mol. The Bertz CT molecular complexity index is 364. The molecule has 3 N–H and O–H groups in total. The number of aryl methyl sites for hydroxylation is 1. The lowest BCUT2D eigenvalue weighted by atomic mass is 9.67. The lowest BCUT2D eigenvalue weighted by molar-refractivity contribution is 0.145. The van der Waals surface area contributed by atoms with Crippen LogP contribution in [0.1, 0.15) is 38.2 Å². The maximum absolute atomic E-state index is 5.74. The molecule has 1 aromatic heterocycles. The van der Waals surface area contributed by atoms with E-state index < -0.39 is 0 Å². The molecule has 1 aliphatic rings. The second kappa shape index (κ2) is 4.32. The molecule has 0 radical (unpaired) electrons. The topological polar surface area (TPSA) is 50.9 Å². The Morgan fingerprint density at radius 1 is 1.50 bits per heavy atom. The smallest absolute Gasteiger partial charge is 0.126 e. The molecule has 0 atom stereocenters. The minimum atomic E-state index is 0.525. The van der Waals surface area contributed by atoms with Gasteiger partial charge >= 0.3 is 0 Å². The number of nitrogens with two attached hydrogens (primary N) is 1. The summed E-state index contributed by atoms with van der Waals surface area (Å²) in [6.07, 6.45) is 7.07. The van der Waals surface area contributed by atoms with Gasteiger partial charge in [-0.2, -0.15) is 0 Å². The van der Waals surface area contributed by atoms with Crippen LogP contribution in [0.15, 0.2) is 12.3 Å². The summed E-state index contributed by atoms with van der Waals surface area (Å²) in [5.41, 5.74) is 8.13. The standard InChI is InChI=1S/C13H21N3/c1-3-13(5-4-6-13)9-16-12-7-10(2)11(14)8-15-12/h7-8H,3-6,9,14H2,1-2H3,(H,15,16). The van der Waals surface area contributed by atoms with E-state index in [-0.39, 0.29) is 0 Å². The molecule has 16 heavy (non-hydrogen) atoms. The van der Waals surface area contributed by atoms with Crippen molar-refractivity contribution >= 4 is 11.5 Å². The highest BCUT2D eigenvalue weighted by Gasteiger charge is 2.34. The first-order valence-corrected chi connectivity index (χ1v) is 6.11. The minimum Gasteiger partial charge on any atom is -0.397 e. The SMILES string of the molecule is CCC1(CNc2cc(C)c(N)cn2)CCC1. The first-order valence-electron chi connectivity index (χ1n) is 6.11. The third-order valence-corrected chi connectivity index (χ3v) is 3.96. The molecule has 3 nitrogen and oxygen atoms in total. The monoisotopic (exact) mass is 219 g/mol. The average molecular weight is 219 g/mol. The highest BCUT2D eigenvalue weighted by molar-refractivity contribution is 5.50. The van der Waals surface area contributed by atoms with Crippen LogP contribution in [0.25, 0.3) is 0 Å². The van der Waals surface area contributed by atoms with Gasteiger partial charge in [0.25, 0.3) is 0 Å². The van der Waals surface area contributed by atoms with E-state index in [2.05, 4.69) is 17.2 Å². The molecule has 1 aromatic rings. The molecule has 88 valence electrons. The Kier molecular flexibility index (Phi) is 3.03. The molecule has 0 aromatic carbocycles. The van der Waals surface area contributed by atoms with Crippen LogP contribution in [0.3, 0.4) is 0 Å². The molecule has 0 amide bonds. The molecule has 0 spiro atoms. The highest BCUT2D eigenvalue weighted by atomic mass is 15.0. The van der Waals surface area contributed by atoms with Crippen LogP contribution in [-0.4, -0.2) is 11.5 Å². The number of nitrogen functional groups attached to an aromatic ring is 1. The van der Waals surface area contributed by atoms with Gasteiger partial charge in [0.1, 0.15) is 5.82 Å². The summed E-state index contributed by atoms with van der Waals surface area (Å²) in [6.45, 7) is 5.34. The van der Waals surface area contributed by atoms with Gasteiger partial charge in [0.2, 0.25) is 0 Å². The van der Waals surface area contributed by atoms with Gasteiger partial charge in [0, 0.05) is 6.54 Å². The van der Waals surface area contributed by atoms with Crippen LogP contribution in [0.4, 0.5) is 11.5 Å². The summed E-state index contributed by atoms with van der Waals surface area (Å²) in [7, 11) is 0. The van der Waals surface area contributed by atoms with Crippen LogP contribution in [-0.2, 0) is 0 Å². The third-order valence-electron chi connectivity index (χ3n) is 3.96. The molecule has 2 rings (SSSR count). The summed E-state index contributed by atoms with van der Waals surface area (Å²) in [5.74, 6) is 0.950. The van der Waals surface area contributed by atoms with Crippen LogP contribution < -0.4 is 11.1 Å². The van der Waals surface area contributed by atoms with Gasteiger partial charge in [-0.3, -0.25) is 0 Å². The number of hydrogen-bond acceptors (Lipinski definition) is 3. The molecule has 0 unspecified atom stereocenters. The van der Waals surface area contributed by atoms with Crippen molar-refractivity contribution < 1.29 is 0 Å². The van der Waals surface area contributed by atoms with Crippen molar-refractivity contribution in [1.29, 1.82) is 0 Å². The first kappa shape index (κ1) is 11.2. The third kappa shape index (κ3) is 2.13. The fourth-order valence-corrected chi connectivity index (χ4v) is 2.27. The number of nitrogens with one attached hydrogen (secondary N) is 1. The first-order chi connectivity index (χ1) is 7.65. The Hall–Kier alpha value is -1.25. The summed E-state index contributed by atoms with van der Waals surface area (Å²) in [6, 6.07) is 2.03. The number of hydrogen-bond donors (Lipinski definition) is 2. The molecular weight excluding hydrogens is 198 g/mol. The van der Waals surface area contributed by atoms with Crippen LogP contribution in [0.2, 0.25) is 0 Å². The summed E-state index contributed by atoms with van der Waals surface area (Å²) >= 11 is 0. The lowest BCUT2D eigenvalue weighted by Crippen LogP contribution is -2.36. The number of nitrogens with zero attached hydrogens (tertiary/aromatic N) is 1. The average Bonchev–Trinajstić information content (AvgIpc) is 2.22. The zero-order valence-corrected chi connectivity index (χ0v) is 10.2. The van der Waals surface area contributed by atoms with Crippen molar-refractivity contribution in [2.45, 2.75) is 39.5 Å². The second-order valence-corrected chi connectivity index (χ2v) is 4.99. The van der Waals surface area contributed by atoms with E-state index in [9.17, 15) is 0 Å². The minimum absolute atomic E-state index is 0.525. The van der Waals surface area contributed by atoms with Gasteiger partial charge in [0.15, 0.2) is 0 Å². The molecule has 0 bridgehead atoms. The Labute approximate surface area is 97.5 Å². The zero-order valence-electron chi connectivity index (χ0n) is 10.2. The molecule has 1 heterocycles. The summed E-state index contributed by atoms with van der Waals surface area (Å²) in [5, 5.41) is 3.44. The quantitative estimate of drug-likeness (QED) is 0.818. The molecule has 0 aliphatic heterocycles. The van der Waals surface area contributed by atoms with Crippen molar-refractivity contribution in [2.75, 3.05) is 17.6 Å². The normalized spacial score (nSPS) is 17.9. The van der Waals surface area contributed by atoms with Crippen LogP contribution in [0, 0.1) is 12.3 Å². The molecule has 3 heteroatoms. The second-order valence-electron chi connectivity index (χ2n) is 4.99. The summed E-state index contributed by atoms with van der Waals surface area (Å²) in [4.78, 5) is 4.30. The van der Waals surface area contributed by atoms with E-state index in [0.29, 0.717) is 5.41 Å². The van der Waals surface area contributed by atoms with E-state index in [1.807, 2.05) is 13.0 Å². The van der Waals surface area contributed by atoms with Gasteiger partial charge in [-0.15, -0.1) is 0 Å². The predicted octanol–water partition coefficient (Wildman–Crippen LogP) is 2.96. The van der Waals surface area contributed by atoms with E-state index in [4.69, 9.17) is 5.73 Å². The maximum Gasteiger partial charge on any atom is 0.126 e. The van der Waals surface area contributed by atoms with Crippen molar-refractivity contribution in [1.82, 2.24) is 4.98 Å². The molecule has 0 saturated heterocycles. The molecule has 1 aliphatic carbocycles.